The summed E-state index contributed by atoms with van der Waals surface area (Å²) in [6.07, 6.45) is 3.93. The molecule has 3 aromatic rings. The van der Waals surface area contributed by atoms with E-state index >= 15 is 0 Å². The lowest BCUT2D eigenvalue weighted by atomic mass is 10.1. The number of hydrogen-bond donors (Lipinski definition) is 2. The van der Waals surface area contributed by atoms with Gasteiger partial charge in [-0.1, -0.05) is 11.6 Å². The van der Waals surface area contributed by atoms with Gasteiger partial charge < -0.3 is 10.1 Å². The minimum Gasteiger partial charge on any atom is -0.504 e. The summed E-state index contributed by atoms with van der Waals surface area (Å²) in [5.74, 6) is -0.795. The Kier molecular flexibility index (Phi) is 4.63. The van der Waals surface area contributed by atoms with Crippen molar-refractivity contribution in [2.24, 2.45) is 0 Å². The number of aromatic nitrogens is 3. The zero-order chi connectivity index (χ0) is 19.0. The van der Waals surface area contributed by atoms with Crippen molar-refractivity contribution in [2.45, 2.75) is 19.5 Å². The molecule has 4 rings (SSSR count). The van der Waals surface area contributed by atoms with E-state index in [-0.39, 0.29) is 10.6 Å². The van der Waals surface area contributed by atoms with Crippen LogP contribution in [0.3, 0.4) is 0 Å². The fourth-order valence-electron chi connectivity index (χ4n) is 3.22. The van der Waals surface area contributed by atoms with Crippen LogP contribution >= 0.6 is 11.6 Å². The molecule has 2 N–H and O–H groups in total. The summed E-state index contributed by atoms with van der Waals surface area (Å²) in [5.41, 5.74) is 2.59. The second-order valence-electron chi connectivity index (χ2n) is 6.45. The molecule has 0 unspecified atom stereocenters. The molecular weight excluding hydrogens is 371 g/mol. The van der Waals surface area contributed by atoms with E-state index in [1.54, 1.807) is 18.5 Å². The Hall–Kier alpha value is -2.77. The van der Waals surface area contributed by atoms with Crippen LogP contribution in [0.1, 0.15) is 16.8 Å². The van der Waals surface area contributed by atoms with Crippen molar-refractivity contribution >= 4 is 11.6 Å². The van der Waals surface area contributed by atoms with Gasteiger partial charge in [0.25, 0.3) is 5.56 Å². The molecule has 138 valence electrons. The number of aromatic amines is 1. The van der Waals surface area contributed by atoms with Gasteiger partial charge in [0, 0.05) is 44.0 Å². The molecule has 1 aromatic carbocycles. The van der Waals surface area contributed by atoms with Gasteiger partial charge in [-0.05, 0) is 29.8 Å². The fraction of sp³-hybridized carbons (Fsp3) is 0.211. The van der Waals surface area contributed by atoms with Gasteiger partial charge in [-0.25, -0.2) is 9.37 Å². The maximum absolute atomic E-state index is 13.7. The molecule has 3 heterocycles. The Balaban J connectivity index is 1.58. The number of phenols is 1. The minimum absolute atomic E-state index is 0.0250. The van der Waals surface area contributed by atoms with Crippen LogP contribution < -0.4 is 5.56 Å². The summed E-state index contributed by atoms with van der Waals surface area (Å²) < 4.78 is 13.7. The van der Waals surface area contributed by atoms with Crippen molar-refractivity contribution in [1.29, 1.82) is 0 Å². The van der Waals surface area contributed by atoms with Crippen LogP contribution in [0, 0.1) is 5.82 Å². The second-order valence-corrected chi connectivity index (χ2v) is 6.86. The first-order valence-corrected chi connectivity index (χ1v) is 8.81. The third-order valence-electron chi connectivity index (χ3n) is 4.57. The number of benzene rings is 1. The van der Waals surface area contributed by atoms with Gasteiger partial charge in [-0.2, -0.15) is 0 Å². The fourth-order valence-corrected chi connectivity index (χ4v) is 3.45. The van der Waals surface area contributed by atoms with Gasteiger partial charge in [-0.15, -0.1) is 0 Å². The van der Waals surface area contributed by atoms with Gasteiger partial charge in [-0.3, -0.25) is 14.7 Å². The van der Waals surface area contributed by atoms with Crippen molar-refractivity contribution in [2.75, 3.05) is 6.54 Å². The molecule has 0 spiro atoms. The number of nitrogens with one attached hydrogen (secondary N) is 1. The van der Waals surface area contributed by atoms with Gasteiger partial charge >= 0.3 is 0 Å². The molecule has 0 saturated heterocycles. The molecule has 0 radical (unpaired) electrons. The lowest BCUT2D eigenvalue weighted by Crippen LogP contribution is -2.35. The number of fused-ring (bicyclic) bond motifs is 1. The highest BCUT2D eigenvalue weighted by atomic mass is 35.5. The predicted octanol–water partition coefficient (Wildman–Crippen LogP) is 2.89. The summed E-state index contributed by atoms with van der Waals surface area (Å²) in [4.78, 5) is 26.0. The first-order valence-electron chi connectivity index (χ1n) is 8.43. The van der Waals surface area contributed by atoms with Crippen LogP contribution in [0.4, 0.5) is 4.39 Å². The van der Waals surface area contributed by atoms with Crippen molar-refractivity contribution < 1.29 is 9.50 Å². The summed E-state index contributed by atoms with van der Waals surface area (Å²) in [6.45, 7) is 1.50. The lowest BCUT2D eigenvalue weighted by Gasteiger charge is -2.27. The van der Waals surface area contributed by atoms with E-state index in [1.807, 2.05) is 11.0 Å². The number of nitrogens with zero attached hydrogens (tertiary/aromatic N) is 3. The minimum atomic E-state index is -0.754. The Morgan fingerprint density at radius 1 is 1.37 bits per heavy atom. The quantitative estimate of drug-likeness (QED) is 0.723. The Labute approximate surface area is 159 Å². The third kappa shape index (κ3) is 3.56. The molecule has 2 aromatic heterocycles. The molecule has 0 atom stereocenters. The van der Waals surface area contributed by atoms with Gasteiger partial charge in [0.2, 0.25) is 0 Å². The highest BCUT2D eigenvalue weighted by Crippen LogP contribution is 2.29. The molecule has 27 heavy (non-hydrogen) atoms. The topological polar surface area (TPSA) is 82.1 Å². The number of pyridine rings is 1. The number of aromatic hydroxyl groups is 1. The van der Waals surface area contributed by atoms with Crippen LogP contribution in [-0.4, -0.2) is 31.5 Å². The van der Waals surface area contributed by atoms with Crippen molar-refractivity contribution in [3.63, 3.8) is 0 Å². The van der Waals surface area contributed by atoms with Gasteiger partial charge in [0.05, 0.1) is 16.3 Å². The van der Waals surface area contributed by atoms with Crippen molar-refractivity contribution in [3.8, 4) is 17.1 Å². The summed E-state index contributed by atoms with van der Waals surface area (Å²) in [6, 6.07) is 6.42. The zero-order valence-electron chi connectivity index (χ0n) is 14.2. The number of hydrogen-bond acceptors (Lipinski definition) is 5. The Morgan fingerprint density at radius 3 is 2.96 bits per heavy atom. The van der Waals surface area contributed by atoms with E-state index < -0.39 is 11.6 Å². The van der Waals surface area contributed by atoms with Crippen LogP contribution in [0.2, 0.25) is 5.02 Å². The first-order chi connectivity index (χ1) is 13.0. The summed E-state index contributed by atoms with van der Waals surface area (Å²) >= 11 is 5.84. The SMILES string of the molecule is O=c1[nH]c(-c2cccnc2)nc2c1CN(Cc1cc(F)c(O)c(Cl)c1)CC2. The average Bonchev–Trinajstić information content (AvgIpc) is 2.67. The maximum Gasteiger partial charge on any atom is 0.255 e. The lowest BCUT2D eigenvalue weighted by molar-refractivity contribution is 0.241. The monoisotopic (exact) mass is 386 g/mol. The predicted molar refractivity (Wildman–Crippen MR) is 99.0 cm³/mol. The molecule has 0 fully saturated rings. The van der Waals surface area contributed by atoms with E-state index in [1.165, 1.54) is 12.1 Å². The van der Waals surface area contributed by atoms with E-state index in [0.717, 1.165) is 11.3 Å². The van der Waals surface area contributed by atoms with Crippen LogP contribution in [0.25, 0.3) is 11.4 Å². The molecule has 1 aliphatic rings. The van der Waals surface area contributed by atoms with Crippen molar-refractivity contribution in [1.82, 2.24) is 19.9 Å². The summed E-state index contributed by atoms with van der Waals surface area (Å²) in [7, 11) is 0. The van der Waals surface area contributed by atoms with E-state index in [4.69, 9.17) is 11.6 Å². The standard InChI is InChI=1S/C19H16ClFN4O2/c20-14-6-11(7-15(21)17(14)26)9-25-5-3-16-13(10-25)19(27)24-18(23-16)12-2-1-4-22-8-12/h1-2,4,6-8,26H,3,5,9-10H2,(H,23,24,27). The molecule has 1 aliphatic heterocycles. The average molecular weight is 387 g/mol. The highest BCUT2D eigenvalue weighted by molar-refractivity contribution is 6.32. The smallest absolute Gasteiger partial charge is 0.255 e. The molecule has 6 nitrogen and oxygen atoms in total. The van der Waals surface area contributed by atoms with Crippen molar-refractivity contribution in [3.05, 3.63) is 74.7 Å². The normalized spacial score (nSPS) is 14.1. The van der Waals surface area contributed by atoms with E-state index in [9.17, 15) is 14.3 Å². The molecule has 0 amide bonds. The Bertz CT molecular complexity index is 1030. The second kappa shape index (κ2) is 7.09. The highest BCUT2D eigenvalue weighted by Gasteiger charge is 2.22. The number of rotatable bonds is 3. The first kappa shape index (κ1) is 17.6. The Morgan fingerprint density at radius 2 is 2.22 bits per heavy atom. The largest absolute Gasteiger partial charge is 0.504 e. The molecule has 8 heteroatoms. The maximum atomic E-state index is 13.7. The molecule has 0 bridgehead atoms. The zero-order valence-corrected chi connectivity index (χ0v) is 15.0. The van der Waals surface area contributed by atoms with Gasteiger partial charge in [0.1, 0.15) is 5.82 Å². The van der Waals surface area contributed by atoms with Crippen LogP contribution in [0.15, 0.2) is 41.5 Å². The molecule has 0 saturated carbocycles. The van der Waals surface area contributed by atoms with Crippen LogP contribution in [-0.2, 0) is 19.5 Å². The molecule has 0 aliphatic carbocycles. The summed E-state index contributed by atoms with van der Waals surface area (Å²) in [5, 5.41) is 9.42. The van der Waals surface area contributed by atoms with Gasteiger partial charge in [0.15, 0.2) is 11.6 Å². The number of halogens is 2. The number of phenolic OH excluding ortho intramolecular Hbond substituents is 1. The van der Waals surface area contributed by atoms with E-state index in [0.29, 0.717) is 43.0 Å². The molecular formula is C19H16ClFN4O2. The third-order valence-corrected chi connectivity index (χ3v) is 4.85. The number of H-pyrrole nitrogens is 1. The van der Waals surface area contributed by atoms with Crippen LogP contribution in [0.5, 0.6) is 5.75 Å². The van der Waals surface area contributed by atoms with E-state index in [2.05, 4.69) is 15.0 Å².